The van der Waals surface area contributed by atoms with Crippen molar-refractivity contribution >= 4 is 38.9 Å². The first-order chi connectivity index (χ1) is 8.72. The van der Waals surface area contributed by atoms with Gasteiger partial charge in [-0.25, -0.2) is 0 Å². The van der Waals surface area contributed by atoms with Crippen LogP contribution in [-0.4, -0.2) is 6.04 Å². The fraction of sp³-hybridized carbons (Fsp3) is 0.286. The lowest BCUT2D eigenvalue weighted by Crippen LogP contribution is -2.28. The summed E-state index contributed by atoms with van der Waals surface area (Å²) >= 11 is 11.4. The fourth-order valence-electron chi connectivity index (χ4n) is 2.42. The van der Waals surface area contributed by atoms with Crippen molar-refractivity contribution in [2.24, 2.45) is 0 Å². The summed E-state index contributed by atoms with van der Waals surface area (Å²) in [6, 6.07) is 8.87. The molecule has 1 aromatic carbocycles. The van der Waals surface area contributed by atoms with E-state index in [1.165, 1.54) is 20.5 Å². The Labute approximate surface area is 124 Å². The molecule has 0 saturated carbocycles. The smallest absolute Gasteiger partial charge is 0.0408 e. The van der Waals surface area contributed by atoms with Crippen LogP contribution in [0.15, 0.2) is 34.1 Å². The molecule has 94 valence electrons. The van der Waals surface area contributed by atoms with Crippen molar-refractivity contribution in [3.8, 4) is 0 Å². The predicted molar refractivity (Wildman–Crippen MR) is 81.5 cm³/mol. The van der Waals surface area contributed by atoms with Crippen LogP contribution in [0.5, 0.6) is 0 Å². The van der Waals surface area contributed by atoms with E-state index in [-0.39, 0.29) is 0 Å². The molecule has 0 aliphatic heterocycles. The first kappa shape index (κ1) is 12.7. The van der Waals surface area contributed by atoms with Gasteiger partial charge >= 0.3 is 0 Å². The van der Waals surface area contributed by atoms with E-state index in [0.29, 0.717) is 6.04 Å². The Bertz CT molecular complexity index is 567. The average molecular weight is 343 g/mol. The molecule has 1 nitrogen and oxygen atoms in total. The third-order valence-electron chi connectivity index (χ3n) is 3.34. The largest absolute Gasteiger partial charge is 0.308 e. The van der Waals surface area contributed by atoms with Gasteiger partial charge in [0.1, 0.15) is 0 Å². The Morgan fingerprint density at radius 3 is 2.89 bits per heavy atom. The molecule has 0 bridgehead atoms. The molecule has 18 heavy (non-hydrogen) atoms. The van der Waals surface area contributed by atoms with E-state index in [0.717, 1.165) is 24.4 Å². The van der Waals surface area contributed by atoms with E-state index in [2.05, 4.69) is 44.8 Å². The monoisotopic (exact) mass is 341 g/mol. The van der Waals surface area contributed by atoms with Gasteiger partial charge in [0.05, 0.1) is 0 Å². The van der Waals surface area contributed by atoms with Crippen LogP contribution in [0.2, 0.25) is 5.02 Å². The van der Waals surface area contributed by atoms with Crippen LogP contribution in [0.25, 0.3) is 0 Å². The molecule has 1 N–H and O–H groups in total. The number of halogens is 2. The number of hydrogen-bond donors (Lipinski definition) is 1. The third-order valence-corrected chi connectivity index (χ3v) is 5.50. The van der Waals surface area contributed by atoms with Crippen LogP contribution in [0.3, 0.4) is 0 Å². The maximum atomic E-state index is 6.03. The van der Waals surface area contributed by atoms with Crippen molar-refractivity contribution in [3.63, 3.8) is 0 Å². The van der Waals surface area contributed by atoms with Gasteiger partial charge in [-0.15, -0.1) is 11.3 Å². The summed E-state index contributed by atoms with van der Waals surface area (Å²) in [7, 11) is 0. The maximum Gasteiger partial charge on any atom is 0.0408 e. The van der Waals surface area contributed by atoms with Crippen LogP contribution < -0.4 is 5.32 Å². The first-order valence-corrected chi connectivity index (χ1v) is 8.00. The molecule has 1 aromatic heterocycles. The predicted octanol–water partition coefficient (Wildman–Crippen LogP) is 4.42. The van der Waals surface area contributed by atoms with Crippen LogP contribution in [0.4, 0.5) is 0 Å². The average Bonchev–Trinajstić information content (AvgIpc) is 2.92. The number of benzene rings is 1. The van der Waals surface area contributed by atoms with Crippen molar-refractivity contribution in [3.05, 3.63) is 55.1 Å². The van der Waals surface area contributed by atoms with Gasteiger partial charge in [-0.1, -0.05) is 17.7 Å². The number of fused-ring (bicyclic) bond motifs is 1. The number of hydrogen-bond acceptors (Lipinski definition) is 2. The highest BCUT2D eigenvalue weighted by Crippen LogP contribution is 2.27. The Morgan fingerprint density at radius 1 is 1.28 bits per heavy atom. The van der Waals surface area contributed by atoms with Crippen LogP contribution in [0, 0.1) is 0 Å². The molecule has 1 atom stereocenters. The lowest BCUT2D eigenvalue weighted by molar-refractivity contribution is 0.535. The van der Waals surface area contributed by atoms with Crippen molar-refractivity contribution in [1.82, 2.24) is 5.32 Å². The van der Waals surface area contributed by atoms with Crippen molar-refractivity contribution in [1.29, 1.82) is 0 Å². The molecule has 0 amide bonds. The van der Waals surface area contributed by atoms with Gasteiger partial charge in [0, 0.05) is 27.0 Å². The Kier molecular flexibility index (Phi) is 3.76. The van der Waals surface area contributed by atoms with Crippen molar-refractivity contribution in [2.45, 2.75) is 25.4 Å². The second-order valence-electron chi connectivity index (χ2n) is 4.59. The molecule has 2 aromatic rings. The molecular weight excluding hydrogens is 330 g/mol. The number of rotatable bonds is 3. The molecule has 1 heterocycles. The SMILES string of the molecule is Clc1ccc2c(c1)CC(NCc1sccc1Br)C2. The van der Waals surface area contributed by atoms with Crippen molar-refractivity contribution < 1.29 is 0 Å². The summed E-state index contributed by atoms with van der Waals surface area (Å²) in [5.41, 5.74) is 2.83. The highest BCUT2D eigenvalue weighted by molar-refractivity contribution is 9.10. The minimum atomic E-state index is 0.535. The quantitative estimate of drug-likeness (QED) is 0.870. The molecular formula is C14H13BrClNS. The molecule has 3 rings (SSSR count). The van der Waals surface area contributed by atoms with E-state index < -0.39 is 0 Å². The molecule has 0 radical (unpaired) electrons. The second-order valence-corrected chi connectivity index (χ2v) is 6.88. The molecule has 1 aliphatic rings. The highest BCUT2D eigenvalue weighted by atomic mass is 79.9. The van der Waals surface area contributed by atoms with E-state index in [1.807, 2.05) is 6.07 Å². The van der Waals surface area contributed by atoms with E-state index in [4.69, 9.17) is 11.6 Å². The molecule has 1 aliphatic carbocycles. The zero-order valence-corrected chi connectivity index (χ0v) is 12.9. The highest BCUT2D eigenvalue weighted by Gasteiger charge is 2.21. The topological polar surface area (TPSA) is 12.0 Å². The number of nitrogens with one attached hydrogen (secondary N) is 1. The van der Waals surface area contributed by atoms with Gasteiger partial charge in [-0.2, -0.15) is 0 Å². The lowest BCUT2D eigenvalue weighted by atomic mass is 10.1. The van der Waals surface area contributed by atoms with E-state index in [9.17, 15) is 0 Å². The van der Waals surface area contributed by atoms with Gasteiger partial charge in [-0.05, 0) is 63.5 Å². The second kappa shape index (κ2) is 5.33. The fourth-order valence-corrected chi connectivity index (χ4v) is 4.06. The molecule has 4 heteroatoms. The van der Waals surface area contributed by atoms with Crippen LogP contribution in [0.1, 0.15) is 16.0 Å². The van der Waals surface area contributed by atoms with Gasteiger partial charge in [0.25, 0.3) is 0 Å². The standard InChI is InChI=1S/C14H13BrClNS/c15-13-3-4-18-14(13)8-17-12-6-9-1-2-11(16)5-10(9)7-12/h1-5,12,17H,6-8H2. The molecule has 0 saturated heterocycles. The number of thiophene rings is 1. The van der Waals surface area contributed by atoms with Crippen LogP contribution in [-0.2, 0) is 19.4 Å². The zero-order valence-electron chi connectivity index (χ0n) is 9.75. The summed E-state index contributed by atoms with van der Waals surface area (Å²) in [5.74, 6) is 0. The minimum Gasteiger partial charge on any atom is -0.308 e. The van der Waals surface area contributed by atoms with Gasteiger partial charge in [-0.3, -0.25) is 0 Å². The van der Waals surface area contributed by atoms with Gasteiger partial charge in [0.15, 0.2) is 0 Å². The first-order valence-electron chi connectivity index (χ1n) is 5.95. The van der Waals surface area contributed by atoms with Gasteiger partial charge < -0.3 is 5.32 Å². The zero-order chi connectivity index (χ0) is 12.5. The third kappa shape index (κ3) is 2.64. The summed E-state index contributed by atoms with van der Waals surface area (Å²) in [6.45, 7) is 0.935. The molecule has 0 fully saturated rings. The normalized spacial score (nSPS) is 18.0. The summed E-state index contributed by atoms with van der Waals surface area (Å²) < 4.78 is 1.21. The summed E-state index contributed by atoms with van der Waals surface area (Å²) in [6.07, 6.45) is 2.19. The lowest BCUT2D eigenvalue weighted by Gasteiger charge is -2.11. The molecule has 1 unspecified atom stereocenters. The Morgan fingerprint density at radius 2 is 2.11 bits per heavy atom. The van der Waals surface area contributed by atoms with Crippen LogP contribution >= 0.6 is 38.9 Å². The molecule has 0 spiro atoms. The van der Waals surface area contributed by atoms with Crippen molar-refractivity contribution in [2.75, 3.05) is 0 Å². The van der Waals surface area contributed by atoms with E-state index in [1.54, 1.807) is 11.3 Å². The van der Waals surface area contributed by atoms with E-state index >= 15 is 0 Å². The summed E-state index contributed by atoms with van der Waals surface area (Å²) in [5, 5.41) is 6.59. The maximum absolute atomic E-state index is 6.03. The van der Waals surface area contributed by atoms with Gasteiger partial charge in [0.2, 0.25) is 0 Å². The summed E-state index contributed by atoms with van der Waals surface area (Å²) in [4.78, 5) is 1.36. The minimum absolute atomic E-state index is 0.535. The Balaban J connectivity index is 1.63. The Hall–Kier alpha value is -0.350.